The number of sulfonamides is 1. The maximum atomic E-state index is 12.6. The zero-order valence-corrected chi connectivity index (χ0v) is 17.2. The number of primary sulfonamides is 1. The Labute approximate surface area is 166 Å². The molecule has 0 aliphatic carbocycles. The Hall–Kier alpha value is -2.23. The van der Waals surface area contributed by atoms with Gasteiger partial charge in [-0.25, -0.2) is 18.4 Å². The van der Waals surface area contributed by atoms with Gasteiger partial charge >= 0.3 is 6.09 Å². The van der Waals surface area contributed by atoms with Gasteiger partial charge in [0.1, 0.15) is 0 Å². The van der Waals surface area contributed by atoms with Crippen LogP contribution in [0.3, 0.4) is 0 Å². The van der Waals surface area contributed by atoms with E-state index in [1.807, 2.05) is 0 Å². The second-order valence-corrected chi connectivity index (χ2v) is 8.17. The van der Waals surface area contributed by atoms with Gasteiger partial charge in [-0.3, -0.25) is 10.1 Å². The lowest BCUT2D eigenvalue weighted by atomic mass is 10.0. The Kier molecular flexibility index (Phi) is 6.74. The average molecular weight is 455 g/mol. The second kappa shape index (κ2) is 8.64. The summed E-state index contributed by atoms with van der Waals surface area (Å²) >= 11 is 3.31. The Bertz CT molecular complexity index is 989. The van der Waals surface area contributed by atoms with E-state index in [0.717, 1.165) is 0 Å². The third-order valence-electron chi connectivity index (χ3n) is 3.71. The maximum Gasteiger partial charge on any atom is 0.411 e. The molecule has 0 saturated carbocycles. The van der Waals surface area contributed by atoms with Crippen molar-refractivity contribution in [2.45, 2.75) is 25.2 Å². The molecule has 0 fully saturated rings. The van der Waals surface area contributed by atoms with Crippen LogP contribution < -0.4 is 10.5 Å². The van der Waals surface area contributed by atoms with Gasteiger partial charge in [0.15, 0.2) is 5.78 Å². The van der Waals surface area contributed by atoms with Gasteiger partial charge in [0.25, 0.3) is 0 Å². The van der Waals surface area contributed by atoms with Crippen LogP contribution in [0.2, 0.25) is 0 Å². The van der Waals surface area contributed by atoms with Crippen LogP contribution in [0.1, 0.15) is 28.4 Å². The molecular weight excluding hydrogens is 436 g/mol. The number of benzene rings is 2. The molecule has 2 aromatic carbocycles. The van der Waals surface area contributed by atoms with Gasteiger partial charge in [-0.05, 0) is 59.1 Å². The summed E-state index contributed by atoms with van der Waals surface area (Å²) < 4.78 is 28.4. The second-order valence-electron chi connectivity index (χ2n) is 5.78. The van der Waals surface area contributed by atoms with Gasteiger partial charge in [0.2, 0.25) is 10.0 Å². The van der Waals surface area contributed by atoms with Gasteiger partial charge < -0.3 is 4.74 Å². The fraction of sp³-hybridized carbons (Fsp3) is 0.222. The quantitative estimate of drug-likeness (QED) is 0.648. The Morgan fingerprint density at radius 1 is 1.19 bits per heavy atom. The summed E-state index contributed by atoms with van der Waals surface area (Å²) in [5.74, 6) is -0.183. The summed E-state index contributed by atoms with van der Waals surface area (Å²) in [7, 11) is -3.80. The molecule has 0 aliphatic heterocycles. The lowest BCUT2D eigenvalue weighted by Gasteiger charge is -2.10. The predicted molar refractivity (Wildman–Crippen MR) is 105 cm³/mol. The van der Waals surface area contributed by atoms with Crippen LogP contribution in [-0.4, -0.2) is 26.9 Å². The average Bonchev–Trinajstić information content (AvgIpc) is 2.56. The van der Waals surface area contributed by atoms with E-state index in [4.69, 9.17) is 9.88 Å². The number of anilines is 1. The van der Waals surface area contributed by atoms with Crippen molar-refractivity contribution in [3.63, 3.8) is 0 Å². The van der Waals surface area contributed by atoms with E-state index in [9.17, 15) is 18.0 Å². The summed E-state index contributed by atoms with van der Waals surface area (Å²) in [6.45, 7) is 3.54. The van der Waals surface area contributed by atoms with E-state index in [-0.39, 0.29) is 23.7 Å². The standard InChI is InChI=1S/C18H19BrN2O5S/c1-3-26-18(23)21-15-10-13(5-6-14(15)19)16(22)9-12-4-7-17(11(2)8-12)27(20,24)25/h4-8,10H,3,9H2,1-2H3,(H,21,23)(H2,20,24,25). The summed E-state index contributed by atoms with van der Waals surface area (Å²) in [5.41, 5.74) is 1.95. The van der Waals surface area contributed by atoms with E-state index in [0.29, 0.717) is 26.9 Å². The molecule has 0 aliphatic rings. The molecule has 0 saturated heterocycles. The highest BCUT2D eigenvalue weighted by Crippen LogP contribution is 2.25. The molecule has 0 atom stereocenters. The first-order chi connectivity index (χ1) is 12.6. The highest BCUT2D eigenvalue weighted by molar-refractivity contribution is 9.10. The van der Waals surface area contributed by atoms with Crippen LogP contribution in [-0.2, 0) is 21.2 Å². The number of nitrogens with two attached hydrogens (primary N) is 1. The molecule has 2 aromatic rings. The molecule has 0 heterocycles. The SMILES string of the molecule is CCOC(=O)Nc1cc(C(=O)Cc2ccc(S(N)(=O)=O)c(C)c2)ccc1Br. The summed E-state index contributed by atoms with van der Waals surface area (Å²) in [4.78, 5) is 24.2. The number of rotatable bonds is 6. The highest BCUT2D eigenvalue weighted by atomic mass is 79.9. The number of ketones is 1. The number of carbonyl (C=O) groups excluding carboxylic acids is 2. The van der Waals surface area contributed by atoms with Crippen molar-refractivity contribution < 1.29 is 22.7 Å². The number of nitrogens with one attached hydrogen (secondary N) is 1. The Morgan fingerprint density at radius 2 is 1.89 bits per heavy atom. The third-order valence-corrected chi connectivity index (χ3v) is 5.47. The lowest BCUT2D eigenvalue weighted by Crippen LogP contribution is -2.15. The molecule has 2 rings (SSSR count). The summed E-state index contributed by atoms with van der Waals surface area (Å²) in [6, 6.07) is 9.41. The maximum absolute atomic E-state index is 12.6. The van der Waals surface area contributed by atoms with Crippen molar-refractivity contribution >= 4 is 43.5 Å². The Balaban J connectivity index is 2.21. The fourth-order valence-electron chi connectivity index (χ4n) is 2.50. The Morgan fingerprint density at radius 3 is 2.48 bits per heavy atom. The van der Waals surface area contributed by atoms with E-state index in [1.165, 1.54) is 6.07 Å². The van der Waals surface area contributed by atoms with Crippen LogP contribution in [0.4, 0.5) is 10.5 Å². The first-order valence-electron chi connectivity index (χ1n) is 8.00. The van der Waals surface area contributed by atoms with Crippen molar-refractivity contribution in [3.05, 3.63) is 57.6 Å². The number of amides is 1. The minimum atomic E-state index is -3.80. The van der Waals surface area contributed by atoms with Crippen molar-refractivity contribution in [2.24, 2.45) is 5.14 Å². The monoisotopic (exact) mass is 454 g/mol. The number of hydrogen-bond donors (Lipinski definition) is 2. The molecule has 3 N–H and O–H groups in total. The molecule has 0 aromatic heterocycles. The molecule has 144 valence electrons. The molecule has 0 bridgehead atoms. The van der Waals surface area contributed by atoms with Crippen LogP contribution in [0.25, 0.3) is 0 Å². The lowest BCUT2D eigenvalue weighted by molar-refractivity contribution is 0.0993. The number of ether oxygens (including phenoxy) is 1. The normalized spacial score (nSPS) is 11.1. The molecule has 1 amide bonds. The van der Waals surface area contributed by atoms with Gasteiger partial charge in [-0.15, -0.1) is 0 Å². The summed E-state index contributed by atoms with van der Waals surface area (Å²) in [6.07, 6.45) is -0.538. The molecule has 0 radical (unpaired) electrons. The van der Waals surface area contributed by atoms with Crippen molar-refractivity contribution in [3.8, 4) is 0 Å². The largest absolute Gasteiger partial charge is 0.450 e. The molecule has 0 unspecified atom stereocenters. The highest BCUT2D eigenvalue weighted by Gasteiger charge is 2.15. The number of carbonyl (C=O) groups is 2. The molecular formula is C18H19BrN2O5S. The van der Waals surface area contributed by atoms with Crippen molar-refractivity contribution in [1.29, 1.82) is 0 Å². The van der Waals surface area contributed by atoms with Crippen LogP contribution in [0.15, 0.2) is 45.8 Å². The number of aryl methyl sites for hydroxylation is 1. The minimum absolute atomic E-state index is 0.0308. The van der Waals surface area contributed by atoms with E-state index >= 15 is 0 Å². The van der Waals surface area contributed by atoms with E-state index in [2.05, 4.69) is 21.2 Å². The molecule has 0 spiro atoms. The van der Waals surface area contributed by atoms with Crippen molar-refractivity contribution in [2.75, 3.05) is 11.9 Å². The minimum Gasteiger partial charge on any atom is -0.450 e. The smallest absolute Gasteiger partial charge is 0.411 e. The van der Waals surface area contributed by atoms with Crippen LogP contribution in [0, 0.1) is 6.92 Å². The van der Waals surface area contributed by atoms with E-state index in [1.54, 1.807) is 44.2 Å². The zero-order chi connectivity index (χ0) is 20.2. The fourth-order valence-corrected chi connectivity index (χ4v) is 3.61. The van der Waals surface area contributed by atoms with Gasteiger partial charge in [-0.1, -0.05) is 18.2 Å². The zero-order valence-electron chi connectivity index (χ0n) is 14.8. The molecule has 9 heteroatoms. The first-order valence-corrected chi connectivity index (χ1v) is 10.3. The predicted octanol–water partition coefficient (Wildman–Crippen LogP) is 3.40. The van der Waals surface area contributed by atoms with Gasteiger partial charge in [-0.2, -0.15) is 0 Å². The topological polar surface area (TPSA) is 116 Å². The first kappa shape index (κ1) is 21.1. The number of Topliss-reactive ketones (excluding diaryl/α,β-unsaturated/α-hetero) is 1. The number of hydrogen-bond acceptors (Lipinski definition) is 5. The number of halogens is 1. The molecule has 7 nitrogen and oxygen atoms in total. The van der Waals surface area contributed by atoms with Gasteiger partial charge in [0.05, 0.1) is 17.2 Å². The van der Waals surface area contributed by atoms with E-state index < -0.39 is 16.1 Å². The molecule has 27 heavy (non-hydrogen) atoms. The van der Waals surface area contributed by atoms with Crippen LogP contribution >= 0.6 is 15.9 Å². The van der Waals surface area contributed by atoms with Crippen LogP contribution in [0.5, 0.6) is 0 Å². The van der Waals surface area contributed by atoms with Crippen molar-refractivity contribution in [1.82, 2.24) is 0 Å². The summed E-state index contributed by atoms with van der Waals surface area (Å²) in [5, 5.41) is 7.71. The third kappa shape index (κ3) is 5.62. The van der Waals surface area contributed by atoms with Gasteiger partial charge in [0, 0.05) is 16.5 Å².